The molecule has 0 spiro atoms. The van der Waals surface area contributed by atoms with Crippen molar-refractivity contribution in [2.45, 2.75) is 38.1 Å². The molecule has 7 nitrogen and oxygen atoms in total. The van der Waals surface area contributed by atoms with E-state index in [1.807, 2.05) is 4.68 Å². The second-order valence-corrected chi connectivity index (χ2v) is 8.47. The minimum atomic E-state index is 0.0523. The van der Waals surface area contributed by atoms with Gasteiger partial charge in [0.05, 0.1) is 18.7 Å². The Morgan fingerprint density at radius 1 is 0.935 bits per heavy atom. The van der Waals surface area contributed by atoms with E-state index >= 15 is 0 Å². The maximum Gasteiger partial charge on any atom is 0.173 e. The average Bonchev–Trinajstić information content (AvgIpc) is 3.50. The quantitative estimate of drug-likeness (QED) is 0.588. The molecule has 162 valence electrons. The molecule has 2 saturated heterocycles. The summed E-state index contributed by atoms with van der Waals surface area (Å²) in [6.45, 7) is 6.60. The lowest BCUT2D eigenvalue weighted by atomic mass is 10.0. The first-order valence-electron chi connectivity index (χ1n) is 11.3. The lowest BCUT2D eigenvalue weighted by Crippen LogP contribution is -2.48. The van der Waals surface area contributed by atoms with Crippen LogP contribution >= 0.6 is 0 Å². The van der Waals surface area contributed by atoms with E-state index < -0.39 is 0 Å². The van der Waals surface area contributed by atoms with Gasteiger partial charge in [0.1, 0.15) is 0 Å². The van der Waals surface area contributed by atoms with Gasteiger partial charge in [-0.05, 0) is 34.4 Å². The molecule has 7 heteroatoms. The van der Waals surface area contributed by atoms with Gasteiger partial charge in [-0.2, -0.15) is 0 Å². The molecule has 0 unspecified atom stereocenters. The van der Waals surface area contributed by atoms with Gasteiger partial charge in [0.25, 0.3) is 0 Å². The summed E-state index contributed by atoms with van der Waals surface area (Å²) in [6, 6.07) is 21.4. The Hall–Kier alpha value is -2.61. The highest BCUT2D eigenvalue weighted by molar-refractivity contribution is 5.25. The van der Waals surface area contributed by atoms with Crippen molar-refractivity contribution in [2.75, 3.05) is 32.8 Å². The normalized spacial score (nSPS) is 21.4. The van der Waals surface area contributed by atoms with Gasteiger partial charge in [0.15, 0.2) is 5.82 Å². The Bertz CT molecular complexity index is 933. The Morgan fingerprint density at radius 3 is 2.39 bits per heavy atom. The zero-order chi connectivity index (χ0) is 20.9. The fourth-order valence-corrected chi connectivity index (χ4v) is 4.70. The van der Waals surface area contributed by atoms with Gasteiger partial charge >= 0.3 is 0 Å². The van der Waals surface area contributed by atoms with Gasteiger partial charge < -0.3 is 4.74 Å². The third-order valence-corrected chi connectivity index (χ3v) is 6.34. The number of nitrogens with zero attached hydrogens (tertiary/aromatic N) is 6. The van der Waals surface area contributed by atoms with Crippen LogP contribution in [0, 0.1) is 0 Å². The van der Waals surface area contributed by atoms with Crippen molar-refractivity contribution >= 4 is 0 Å². The van der Waals surface area contributed by atoms with Crippen molar-refractivity contribution in [1.29, 1.82) is 0 Å². The highest BCUT2D eigenvalue weighted by Gasteiger charge is 2.31. The van der Waals surface area contributed by atoms with Crippen molar-refractivity contribution in [1.82, 2.24) is 30.0 Å². The largest absolute Gasteiger partial charge is 0.376 e. The summed E-state index contributed by atoms with van der Waals surface area (Å²) in [5.41, 5.74) is 2.61. The molecule has 3 heterocycles. The molecule has 2 fully saturated rings. The van der Waals surface area contributed by atoms with E-state index in [-0.39, 0.29) is 12.1 Å². The lowest BCUT2D eigenvalue weighted by molar-refractivity contribution is 0.0842. The van der Waals surface area contributed by atoms with Crippen LogP contribution in [0.5, 0.6) is 0 Å². The number of tetrazole rings is 1. The second kappa shape index (κ2) is 9.68. The van der Waals surface area contributed by atoms with Crippen LogP contribution < -0.4 is 0 Å². The number of benzene rings is 2. The van der Waals surface area contributed by atoms with E-state index in [2.05, 4.69) is 86.0 Å². The molecule has 0 aliphatic carbocycles. The van der Waals surface area contributed by atoms with Crippen LogP contribution in [0.15, 0.2) is 60.7 Å². The summed E-state index contributed by atoms with van der Waals surface area (Å²) in [5, 5.41) is 12.9. The summed E-state index contributed by atoms with van der Waals surface area (Å²) in [4.78, 5) is 5.05. The Morgan fingerprint density at radius 2 is 1.68 bits per heavy atom. The zero-order valence-corrected chi connectivity index (χ0v) is 17.9. The first-order chi connectivity index (χ1) is 15.4. The number of ether oxygens (including phenoxy) is 1. The molecule has 0 bridgehead atoms. The lowest BCUT2D eigenvalue weighted by Gasteiger charge is -2.39. The van der Waals surface area contributed by atoms with Gasteiger partial charge in [-0.1, -0.05) is 60.7 Å². The predicted octanol–water partition coefficient (Wildman–Crippen LogP) is 2.76. The van der Waals surface area contributed by atoms with Crippen molar-refractivity contribution < 1.29 is 4.74 Å². The summed E-state index contributed by atoms with van der Waals surface area (Å²) in [7, 11) is 0. The molecule has 2 aromatic carbocycles. The fraction of sp³-hybridized carbons (Fsp3) is 0.458. The van der Waals surface area contributed by atoms with Gasteiger partial charge in [-0.25, -0.2) is 4.68 Å². The Balaban J connectivity index is 1.33. The smallest absolute Gasteiger partial charge is 0.173 e. The van der Waals surface area contributed by atoms with Crippen molar-refractivity contribution in [2.24, 2.45) is 0 Å². The van der Waals surface area contributed by atoms with E-state index in [1.165, 1.54) is 11.1 Å². The fourth-order valence-electron chi connectivity index (χ4n) is 4.70. The third-order valence-electron chi connectivity index (χ3n) is 6.34. The van der Waals surface area contributed by atoms with Crippen molar-refractivity contribution in [3.05, 3.63) is 77.6 Å². The van der Waals surface area contributed by atoms with Crippen LogP contribution in [-0.2, 0) is 17.8 Å². The minimum Gasteiger partial charge on any atom is -0.376 e. The number of aromatic nitrogens is 4. The summed E-state index contributed by atoms with van der Waals surface area (Å²) < 4.78 is 7.81. The number of rotatable bonds is 7. The molecule has 2 atom stereocenters. The zero-order valence-electron chi connectivity index (χ0n) is 17.9. The van der Waals surface area contributed by atoms with E-state index in [1.54, 1.807) is 0 Å². The molecule has 1 aromatic heterocycles. The molecule has 0 amide bonds. The monoisotopic (exact) mass is 418 g/mol. The van der Waals surface area contributed by atoms with Gasteiger partial charge in [-0.15, -0.1) is 5.10 Å². The van der Waals surface area contributed by atoms with Crippen molar-refractivity contribution in [3.8, 4) is 0 Å². The van der Waals surface area contributed by atoms with Gasteiger partial charge in [0, 0.05) is 39.3 Å². The molecular weight excluding hydrogens is 388 g/mol. The van der Waals surface area contributed by atoms with Gasteiger partial charge in [0.2, 0.25) is 0 Å². The molecule has 0 saturated carbocycles. The molecule has 2 aliphatic heterocycles. The molecule has 31 heavy (non-hydrogen) atoms. The van der Waals surface area contributed by atoms with Crippen LogP contribution in [0.4, 0.5) is 0 Å². The molecular formula is C24H30N6O. The first kappa shape index (κ1) is 20.3. The SMILES string of the molecule is c1ccc(CN2CCN([C@H](c3ccccc3)c3nnnn3C[C@@H]3CCCO3)CC2)cc1. The highest BCUT2D eigenvalue weighted by atomic mass is 16.5. The van der Waals surface area contributed by atoms with E-state index in [0.29, 0.717) is 0 Å². The van der Waals surface area contributed by atoms with E-state index in [9.17, 15) is 0 Å². The number of piperazine rings is 1. The standard InChI is InChI=1S/C24H30N6O/c1-3-8-20(9-4-1)18-28-13-15-29(16-14-28)23(21-10-5-2-6-11-21)24-25-26-27-30(24)19-22-12-7-17-31-22/h1-6,8-11,22-23H,7,12-19H2/t22-,23+/m0/s1. The summed E-state index contributed by atoms with van der Waals surface area (Å²) in [5.74, 6) is 0.915. The van der Waals surface area contributed by atoms with E-state index in [0.717, 1.165) is 64.5 Å². The maximum atomic E-state index is 5.85. The Labute approximate surface area is 183 Å². The molecule has 0 radical (unpaired) electrons. The minimum absolute atomic E-state index is 0.0523. The van der Waals surface area contributed by atoms with Crippen LogP contribution in [0.2, 0.25) is 0 Å². The molecule has 5 rings (SSSR count). The topological polar surface area (TPSA) is 59.3 Å². The number of hydrogen-bond donors (Lipinski definition) is 0. The third kappa shape index (κ3) is 4.84. The molecule has 2 aliphatic rings. The summed E-state index contributed by atoms with van der Waals surface area (Å²) in [6.07, 6.45) is 2.41. The second-order valence-electron chi connectivity index (χ2n) is 8.47. The van der Waals surface area contributed by atoms with Crippen LogP contribution in [0.25, 0.3) is 0 Å². The predicted molar refractivity (Wildman–Crippen MR) is 118 cm³/mol. The van der Waals surface area contributed by atoms with Gasteiger partial charge in [-0.3, -0.25) is 9.80 Å². The van der Waals surface area contributed by atoms with Crippen LogP contribution in [-0.4, -0.2) is 68.9 Å². The van der Waals surface area contributed by atoms with Crippen molar-refractivity contribution in [3.63, 3.8) is 0 Å². The maximum absolute atomic E-state index is 5.85. The number of hydrogen-bond acceptors (Lipinski definition) is 6. The first-order valence-corrected chi connectivity index (χ1v) is 11.3. The molecule has 3 aromatic rings. The molecule has 0 N–H and O–H groups in total. The summed E-state index contributed by atoms with van der Waals surface area (Å²) >= 11 is 0. The Kier molecular flexibility index (Phi) is 6.34. The van der Waals surface area contributed by atoms with Crippen LogP contribution in [0.1, 0.15) is 35.8 Å². The highest BCUT2D eigenvalue weighted by Crippen LogP contribution is 2.29. The average molecular weight is 419 g/mol. The van der Waals surface area contributed by atoms with E-state index in [4.69, 9.17) is 4.74 Å². The van der Waals surface area contributed by atoms with Crippen LogP contribution in [0.3, 0.4) is 0 Å².